The number of amides is 2. The molecule has 0 bridgehead atoms. The van der Waals surface area contributed by atoms with Crippen molar-refractivity contribution in [1.82, 2.24) is 25.3 Å². The standard InChI is InChI=1S/C33H31ClN6O4/c34-24-10-6-21(7-11-24)16-29(32(35)41)39-33(42)27-3-1-2-26-28(13-15-43-31(26)27)37-18-25-17-36-20-40(25)19-22-4-8-23(9-5-22)30-12-14-38-44-30/h1-12,14,17,20,28-29,37H,13,15-16,18-19H2,(H2,35,41)(H,39,42). The third-order valence-corrected chi connectivity index (χ3v) is 7.93. The Morgan fingerprint density at radius 2 is 1.84 bits per heavy atom. The van der Waals surface area contributed by atoms with Crippen molar-refractivity contribution in [3.8, 4) is 17.1 Å². The SMILES string of the molecule is NC(=O)C(Cc1ccc(Cl)cc1)NC(=O)c1cccc2c1OCCC2NCc1cncn1Cc1ccc(-c2ccno2)cc1. The lowest BCUT2D eigenvalue weighted by Gasteiger charge is -2.28. The molecule has 2 atom stereocenters. The molecular formula is C33H31ClN6O4. The van der Waals surface area contributed by atoms with E-state index in [4.69, 9.17) is 26.6 Å². The van der Waals surface area contributed by atoms with E-state index < -0.39 is 17.9 Å². The van der Waals surface area contributed by atoms with Gasteiger partial charge in [-0.15, -0.1) is 0 Å². The molecule has 0 saturated carbocycles. The molecule has 0 spiro atoms. The lowest BCUT2D eigenvalue weighted by molar-refractivity contribution is -0.119. The van der Waals surface area contributed by atoms with Gasteiger partial charge in [0.2, 0.25) is 5.91 Å². The van der Waals surface area contributed by atoms with Crippen molar-refractivity contribution in [2.75, 3.05) is 6.61 Å². The molecule has 44 heavy (non-hydrogen) atoms. The average Bonchev–Trinajstić information content (AvgIpc) is 3.73. The molecule has 5 aromatic rings. The van der Waals surface area contributed by atoms with E-state index in [0.717, 1.165) is 40.1 Å². The first-order chi connectivity index (χ1) is 21.4. The van der Waals surface area contributed by atoms with E-state index in [1.807, 2.05) is 42.9 Å². The first kappa shape index (κ1) is 29.2. The summed E-state index contributed by atoms with van der Waals surface area (Å²) >= 11 is 5.98. The van der Waals surface area contributed by atoms with Crippen LogP contribution in [0.1, 0.15) is 45.2 Å². The molecule has 11 heteroatoms. The number of carbonyl (C=O) groups excluding carboxylic acids is 2. The van der Waals surface area contributed by atoms with Crippen LogP contribution in [0.2, 0.25) is 5.02 Å². The monoisotopic (exact) mass is 610 g/mol. The number of hydrogen-bond acceptors (Lipinski definition) is 7. The lowest BCUT2D eigenvalue weighted by atomic mass is 9.96. The first-order valence-electron chi connectivity index (χ1n) is 14.3. The van der Waals surface area contributed by atoms with Crippen molar-refractivity contribution in [1.29, 1.82) is 0 Å². The number of benzene rings is 3. The Labute approximate surface area is 259 Å². The van der Waals surface area contributed by atoms with E-state index in [0.29, 0.717) is 36.0 Å². The number of aromatic nitrogens is 3. The Morgan fingerprint density at radius 3 is 2.59 bits per heavy atom. The number of primary amides is 1. The molecule has 1 aliphatic rings. The van der Waals surface area contributed by atoms with Crippen LogP contribution in [0.25, 0.3) is 11.3 Å². The van der Waals surface area contributed by atoms with Crippen LogP contribution in [0.5, 0.6) is 5.75 Å². The predicted molar refractivity (Wildman–Crippen MR) is 165 cm³/mol. The third-order valence-electron chi connectivity index (χ3n) is 7.68. The van der Waals surface area contributed by atoms with Gasteiger partial charge >= 0.3 is 0 Å². The van der Waals surface area contributed by atoms with Crippen LogP contribution in [0.4, 0.5) is 0 Å². The second-order valence-corrected chi connectivity index (χ2v) is 11.1. The summed E-state index contributed by atoms with van der Waals surface area (Å²) in [4.78, 5) is 30.0. The minimum absolute atomic E-state index is 0.0444. The van der Waals surface area contributed by atoms with E-state index in [1.54, 1.807) is 36.5 Å². The number of ether oxygens (including phenoxy) is 1. The molecule has 2 aromatic heterocycles. The largest absolute Gasteiger partial charge is 0.492 e. The van der Waals surface area contributed by atoms with Gasteiger partial charge in [-0.05, 0) is 29.3 Å². The molecule has 0 saturated heterocycles. The quantitative estimate of drug-likeness (QED) is 0.197. The summed E-state index contributed by atoms with van der Waals surface area (Å²) in [6.07, 6.45) is 6.28. The number of rotatable bonds is 11. The zero-order valence-electron chi connectivity index (χ0n) is 23.8. The number of halogens is 1. The fourth-order valence-electron chi connectivity index (χ4n) is 5.33. The van der Waals surface area contributed by atoms with Gasteiger partial charge in [0.25, 0.3) is 5.91 Å². The minimum Gasteiger partial charge on any atom is -0.492 e. The summed E-state index contributed by atoms with van der Waals surface area (Å²) in [6.45, 7) is 1.68. The van der Waals surface area contributed by atoms with E-state index in [2.05, 4.69) is 37.5 Å². The van der Waals surface area contributed by atoms with E-state index in [-0.39, 0.29) is 12.5 Å². The van der Waals surface area contributed by atoms with Crippen molar-refractivity contribution in [3.63, 3.8) is 0 Å². The van der Waals surface area contributed by atoms with E-state index in [1.165, 1.54) is 0 Å². The molecular weight excluding hydrogens is 580 g/mol. The van der Waals surface area contributed by atoms with Crippen molar-refractivity contribution in [2.45, 2.75) is 38.0 Å². The van der Waals surface area contributed by atoms with Crippen molar-refractivity contribution in [3.05, 3.63) is 124 Å². The van der Waals surface area contributed by atoms with Gasteiger partial charge in [0.15, 0.2) is 5.76 Å². The summed E-state index contributed by atoms with van der Waals surface area (Å²) < 4.78 is 13.3. The highest BCUT2D eigenvalue weighted by Crippen LogP contribution is 2.35. The maximum atomic E-state index is 13.4. The van der Waals surface area contributed by atoms with Crippen LogP contribution in [0, 0.1) is 0 Å². The van der Waals surface area contributed by atoms with Gasteiger partial charge in [-0.25, -0.2) is 4.98 Å². The molecule has 6 rings (SSSR count). The zero-order chi connectivity index (χ0) is 30.5. The lowest BCUT2D eigenvalue weighted by Crippen LogP contribution is -2.46. The molecule has 4 N–H and O–H groups in total. The molecule has 10 nitrogen and oxygen atoms in total. The summed E-state index contributed by atoms with van der Waals surface area (Å²) in [5, 5.41) is 10.8. The highest BCUT2D eigenvalue weighted by molar-refractivity contribution is 6.30. The third kappa shape index (κ3) is 6.66. The number of nitrogens with one attached hydrogen (secondary N) is 2. The second kappa shape index (κ2) is 13.2. The number of hydrogen-bond donors (Lipinski definition) is 3. The molecule has 3 aromatic carbocycles. The first-order valence-corrected chi connectivity index (χ1v) is 14.6. The van der Waals surface area contributed by atoms with Crippen LogP contribution in [-0.4, -0.2) is 39.2 Å². The number of imidazole rings is 1. The van der Waals surface area contributed by atoms with Gasteiger partial charge in [-0.2, -0.15) is 0 Å². The van der Waals surface area contributed by atoms with Crippen LogP contribution in [0.3, 0.4) is 0 Å². The maximum Gasteiger partial charge on any atom is 0.255 e. The number of nitrogens with two attached hydrogens (primary N) is 1. The number of carbonyl (C=O) groups is 2. The number of nitrogens with zero attached hydrogens (tertiary/aromatic N) is 3. The van der Waals surface area contributed by atoms with Gasteiger partial charge in [-0.1, -0.05) is 65.3 Å². The molecule has 1 aliphatic heterocycles. The smallest absolute Gasteiger partial charge is 0.255 e. The van der Waals surface area contributed by atoms with Crippen molar-refractivity contribution < 1.29 is 18.8 Å². The molecule has 0 fully saturated rings. The minimum atomic E-state index is -0.893. The van der Waals surface area contributed by atoms with Crippen LogP contribution < -0.4 is 21.1 Å². The van der Waals surface area contributed by atoms with Crippen LogP contribution >= 0.6 is 11.6 Å². The van der Waals surface area contributed by atoms with Crippen molar-refractivity contribution in [2.24, 2.45) is 5.73 Å². The molecule has 0 aliphatic carbocycles. The molecule has 2 unspecified atom stereocenters. The summed E-state index contributed by atoms with van der Waals surface area (Å²) in [5.74, 6) is 0.185. The fraction of sp³-hybridized carbons (Fsp3) is 0.212. The van der Waals surface area contributed by atoms with Crippen LogP contribution in [-0.2, 0) is 24.3 Å². The summed E-state index contributed by atoms with van der Waals surface area (Å²) in [7, 11) is 0. The number of para-hydroxylation sites is 1. The van der Waals surface area contributed by atoms with E-state index >= 15 is 0 Å². The highest BCUT2D eigenvalue weighted by atomic mass is 35.5. The Bertz CT molecular complexity index is 1740. The number of fused-ring (bicyclic) bond motifs is 1. The highest BCUT2D eigenvalue weighted by Gasteiger charge is 2.28. The predicted octanol–water partition coefficient (Wildman–Crippen LogP) is 4.68. The molecule has 2 amide bonds. The van der Waals surface area contributed by atoms with Crippen LogP contribution in [0.15, 0.2) is 96.0 Å². The van der Waals surface area contributed by atoms with Gasteiger partial charge < -0.3 is 30.2 Å². The van der Waals surface area contributed by atoms with Gasteiger partial charge in [0.05, 0.1) is 30.4 Å². The van der Waals surface area contributed by atoms with Gasteiger partial charge in [0.1, 0.15) is 11.8 Å². The Balaban J connectivity index is 1.12. The Hall–Kier alpha value is -4.93. The molecule has 3 heterocycles. The second-order valence-electron chi connectivity index (χ2n) is 10.6. The van der Waals surface area contributed by atoms with E-state index in [9.17, 15) is 9.59 Å². The van der Waals surface area contributed by atoms with Gasteiger partial charge in [0, 0.05) is 60.4 Å². The Morgan fingerprint density at radius 1 is 1.05 bits per heavy atom. The Kier molecular flexibility index (Phi) is 8.71. The summed E-state index contributed by atoms with van der Waals surface area (Å²) in [5.41, 5.74) is 10.8. The maximum absolute atomic E-state index is 13.4. The summed E-state index contributed by atoms with van der Waals surface area (Å²) in [6, 6.07) is 21.6. The van der Waals surface area contributed by atoms with Gasteiger partial charge in [-0.3, -0.25) is 9.59 Å². The fourth-order valence-corrected chi connectivity index (χ4v) is 5.46. The zero-order valence-corrected chi connectivity index (χ0v) is 24.5. The molecule has 224 valence electrons. The van der Waals surface area contributed by atoms with Crippen molar-refractivity contribution >= 4 is 23.4 Å². The normalized spacial score (nSPS) is 14.8. The molecule has 0 radical (unpaired) electrons. The average molecular weight is 611 g/mol. The topological polar surface area (TPSA) is 137 Å².